The van der Waals surface area contributed by atoms with Crippen LogP contribution in [0.3, 0.4) is 0 Å². The molecule has 208 valence electrons. The van der Waals surface area contributed by atoms with E-state index in [2.05, 4.69) is 49.1 Å². The van der Waals surface area contributed by atoms with Crippen molar-refractivity contribution in [2.24, 2.45) is 0 Å². The first kappa shape index (κ1) is 26.6. The minimum absolute atomic E-state index is 0.229. The fraction of sp³-hybridized carbons (Fsp3) is 0.406. The van der Waals surface area contributed by atoms with Gasteiger partial charge >= 0.3 is 0 Å². The summed E-state index contributed by atoms with van der Waals surface area (Å²) in [6.45, 7) is 11.4. The lowest BCUT2D eigenvalue weighted by molar-refractivity contribution is 0.334. The summed E-state index contributed by atoms with van der Waals surface area (Å²) < 4.78 is 14.9. The van der Waals surface area contributed by atoms with Crippen LogP contribution in [-0.2, 0) is 6.42 Å². The summed E-state index contributed by atoms with van der Waals surface area (Å²) in [5.74, 6) is 0.957. The molecule has 0 aliphatic carbocycles. The van der Waals surface area contributed by atoms with Crippen LogP contribution in [0.4, 0.5) is 4.39 Å². The molecule has 7 nitrogen and oxygen atoms in total. The molecule has 0 spiro atoms. The normalized spacial score (nSPS) is 17.2. The van der Waals surface area contributed by atoms with Crippen molar-refractivity contribution in [2.75, 3.05) is 32.7 Å². The molecule has 0 unspecified atom stereocenters. The summed E-state index contributed by atoms with van der Waals surface area (Å²) in [6.07, 6.45) is 12.3. The third-order valence-electron chi connectivity index (χ3n) is 8.31. The van der Waals surface area contributed by atoms with Crippen molar-refractivity contribution in [1.82, 2.24) is 35.4 Å². The van der Waals surface area contributed by atoms with Crippen LogP contribution < -0.4 is 5.32 Å². The molecule has 0 atom stereocenters. The predicted molar refractivity (Wildman–Crippen MR) is 159 cm³/mol. The molecule has 40 heavy (non-hydrogen) atoms. The maximum absolute atomic E-state index is 14.9. The number of nitrogens with zero attached hydrogens (tertiary/aromatic N) is 4. The van der Waals surface area contributed by atoms with Crippen molar-refractivity contribution in [3.63, 3.8) is 0 Å². The van der Waals surface area contributed by atoms with E-state index >= 15 is 0 Å². The monoisotopic (exact) mass is 539 g/mol. The number of aromatic nitrogens is 5. The quantitative estimate of drug-likeness (QED) is 0.230. The highest BCUT2D eigenvalue weighted by Gasteiger charge is 2.21. The summed E-state index contributed by atoms with van der Waals surface area (Å²) in [5, 5.41) is 12.0. The number of benzene rings is 1. The van der Waals surface area contributed by atoms with Gasteiger partial charge in [0.15, 0.2) is 11.5 Å². The van der Waals surface area contributed by atoms with E-state index in [0.717, 1.165) is 84.5 Å². The van der Waals surface area contributed by atoms with Crippen molar-refractivity contribution < 1.29 is 4.39 Å². The van der Waals surface area contributed by atoms with Crippen LogP contribution in [0.2, 0.25) is 0 Å². The van der Waals surface area contributed by atoms with Crippen LogP contribution >= 0.6 is 0 Å². The average Bonchev–Trinajstić information content (AvgIpc) is 3.72. The molecule has 0 saturated carbocycles. The van der Waals surface area contributed by atoms with E-state index in [1.807, 2.05) is 19.2 Å². The molecule has 0 bridgehead atoms. The minimum atomic E-state index is -0.229. The minimum Gasteiger partial charge on any atom is -0.340 e. The number of piperidine rings is 1. The van der Waals surface area contributed by atoms with Crippen LogP contribution in [-0.4, -0.2) is 62.8 Å². The second-order valence-corrected chi connectivity index (χ2v) is 11.1. The zero-order valence-corrected chi connectivity index (χ0v) is 23.3. The van der Waals surface area contributed by atoms with Crippen LogP contribution in [0.5, 0.6) is 0 Å². The lowest BCUT2D eigenvalue weighted by Crippen LogP contribution is -2.26. The Balaban J connectivity index is 1.29. The zero-order chi connectivity index (χ0) is 27.5. The lowest BCUT2D eigenvalue weighted by atomic mass is 9.91. The van der Waals surface area contributed by atoms with Crippen molar-refractivity contribution in [3.05, 3.63) is 83.1 Å². The van der Waals surface area contributed by atoms with Crippen LogP contribution in [0.25, 0.3) is 28.1 Å². The van der Waals surface area contributed by atoms with E-state index in [1.165, 1.54) is 31.5 Å². The van der Waals surface area contributed by atoms with Gasteiger partial charge in [0.05, 0.1) is 11.1 Å². The number of hydrogen-bond acceptors (Lipinski definition) is 5. The van der Waals surface area contributed by atoms with E-state index in [-0.39, 0.29) is 5.82 Å². The Labute approximate surface area is 235 Å². The maximum Gasteiger partial charge on any atom is 0.181 e. The smallest absolute Gasteiger partial charge is 0.181 e. The SMILES string of the molecule is C=C/C=C(/c1cc(F)cc(CCCN2CCCC2)c1)c1nc(-c2[nH]nc3ncc(C4CCNCC4)cc23)[nH]c1C. The van der Waals surface area contributed by atoms with Gasteiger partial charge in [0.2, 0.25) is 0 Å². The Hall–Kier alpha value is -3.62. The summed E-state index contributed by atoms with van der Waals surface area (Å²) in [5.41, 5.74) is 7.05. The number of halogens is 1. The summed E-state index contributed by atoms with van der Waals surface area (Å²) in [6, 6.07) is 7.55. The second kappa shape index (κ2) is 11.9. The highest BCUT2D eigenvalue weighted by atomic mass is 19.1. The zero-order valence-electron chi connectivity index (χ0n) is 23.3. The largest absolute Gasteiger partial charge is 0.340 e. The standard InChI is InChI=1S/C32H38FN7/c1-3-7-27(24-16-22(17-26(33)18-24)8-6-15-40-13-4-5-14-40)29-21(2)36-32(37-29)30-28-19-25(20-35-31(28)39-38-30)23-9-11-34-12-10-23/h3,7,16-20,23,34H,1,4-6,8-15H2,2H3,(H,36,37)(H,35,38,39)/b27-7-. The molecule has 4 aromatic rings. The summed E-state index contributed by atoms with van der Waals surface area (Å²) in [4.78, 5) is 15.6. The number of likely N-dealkylation sites (tertiary alicyclic amines) is 1. The van der Waals surface area contributed by atoms with Crippen LogP contribution in [0.15, 0.2) is 49.2 Å². The fourth-order valence-electron chi connectivity index (χ4n) is 6.21. The average molecular weight is 540 g/mol. The van der Waals surface area contributed by atoms with E-state index in [1.54, 1.807) is 18.2 Å². The molecule has 6 rings (SSSR count). The number of H-pyrrole nitrogens is 2. The second-order valence-electron chi connectivity index (χ2n) is 11.1. The van der Waals surface area contributed by atoms with Gasteiger partial charge in [-0.2, -0.15) is 5.10 Å². The van der Waals surface area contributed by atoms with Gasteiger partial charge in [-0.1, -0.05) is 24.8 Å². The number of aryl methyl sites for hydroxylation is 2. The molecular formula is C32H38FN7. The van der Waals surface area contributed by atoms with Crippen molar-refractivity contribution in [2.45, 2.75) is 51.4 Å². The first-order valence-electron chi connectivity index (χ1n) is 14.6. The number of rotatable bonds is 9. The molecule has 8 heteroatoms. The third-order valence-corrected chi connectivity index (χ3v) is 8.31. The first-order chi connectivity index (χ1) is 19.6. The third kappa shape index (κ3) is 5.64. The molecule has 3 N–H and O–H groups in total. The van der Waals surface area contributed by atoms with Crippen molar-refractivity contribution >= 4 is 16.6 Å². The molecular weight excluding hydrogens is 501 g/mol. The van der Waals surface area contributed by atoms with Gasteiger partial charge in [-0.25, -0.2) is 14.4 Å². The van der Waals surface area contributed by atoms with E-state index in [9.17, 15) is 4.39 Å². The van der Waals surface area contributed by atoms with Crippen LogP contribution in [0, 0.1) is 12.7 Å². The topological polar surface area (TPSA) is 85.5 Å². The first-order valence-corrected chi connectivity index (χ1v) is 14.6. The Morgan fingerprint density at radius 1 is 1.15 bits per heavy atom. The number of pyridine rings is 1. The van der Waals surface area contributed by atoms with Gasteiger partial charge in [-0.15, -0.1) is 0 Å². The number of aromatic amines is 2. The number of nitrogens with one attached hydrogen (secondary N) is 3. The van der Waals surface area contributed by atoms with Gasteiger partial charge in [0.1, 0.15) is 11.5 Å². The van der Waals surface area contributed by atoms with E-state index < -0.39 is 0 Å². The summed E-state index contributed by atoms with van der Waals surface area (Å²) in [7, 11) is 0. The van der Waals surface area contributed by atoms with Gasteiger partial charge in [0, 0.05) is 17.5 Å². The van der Waals surface area contributed by atoms with Crippen molar-refractivity contribution in [3.8, 4) is 11.5 Å². The summed E-state index contributed by atoms with van der Waals surface area (Å²) >= 11 is 0. The molecule has 5 heterocycles. The Kier molecular flexibility index (Phi) is 7.89. The molecule has 2 aliphatic heterocycles. The predicted octanol–water partition coefficient (Wildman–Crippen LogP) is 5.91. The van der Waals surface area contributed by atoms with E-state index in [4.69, 9.17) is 4.98 Å². The molecule has 0 radical (unpaired) electrons. The molecule has 1 aromatic carbocycles. The lowest BCUT2D eigenvalue weighted by Gasteiger charge is -2.22. The Morgan fingerprint density at radius 2 is 1.98 bits per heavy atom. The number of allylic oxidation sites excluding steroid dienone is 2. The highest BCUT2D eigenvalue weighted by molar-refractivity contribution is 5.90. The van der Waals surface area contributed by atoms with Gasteiger partial charge in [-0.3, -0.25) is 5.10 Å². The maximum atomic E-state index is 14.9. The number of fused-ring (bicyclic) bond motifs is 1. The fourth-order valence-corrected chi connectivity index (χ4v) is 6.21. The van der Waals surface area contributed by atoms with Crippen LogP contribution in [0.1, 0.15) is 66.1 Å². The Bertz CT molecular complexity index is 1520. The molecule has 2 fully saturated rings. The number of imidazole rings is 1. The number of hydrogen-bond donors (Lipinski definition) is 3. The molecule has 2 aliphatic rings. The molecule has 0 amide bonds. The van der Waals surface area contributed by atoms with Gasteiger partial charge in [-0.05, 0) is 119 Å². The van der Waals surface area contributed by atoms with Crippen molar-refractivity contribution in [1.29, 1.82) is 0 Å². The highest BCUT2D eigenvalue weighted by Crippen LogP contribution is 2.33. The Morgan fingerprint density at radius 3 is 2.77 bits per heavy atom. The van der Waals surface area contributed by atoms with Gasteiger partial charge < -0.3 is 15.2 Å². The molecule has 3 aromatic heterocycles. The molecule has 2 saturated heterocycles. The van der Waals surface area contributed by atoms with Gasteiger partial charge in [0.25, 0.3) is 0 Å². The van der Waals surface area contributed by atoms with E-state index in [0.29, 0.717) is 17.4 Å².